The largest absolute Gasteiger partial charge is 0.426 e. The molecular weight excluding hydrogens is 592 g/mol. The highest BCUT2D eigenvalue weighted by molar-refractivity contribution is 9.10. The number of halogens is 2. The van der Waals surface area contributed by atoms with Crippen LogP contribution in [0.2, 0.25) is 5.02 Å². The van der Waals surface area contributed by atoms with Crippen LogP contribution in [0.1, 0.15) is 18.1 Å². The quantitative estimate of drug-likeness (QED) is 0.219. The van der Waals surface area contributed by atoms with Gasteiger partial charge in [-0.15, -0.1) is 5.10 Å². The number of carbonyl (C=O) groups is 2. The summed E-state index contributed by atoms with van der Waals surface area (Å²) in [5.41, 5.74) is 2.42. The first kappa shape index (κ1) is 24.5. The van der Waals surface area contributed by atoms with Crippen molar-refractivity contribution in [2.24, 2.45) is 0 Å². The maximum absolute atomic E-state index is 13.8. The minimum absolute atomic E-state index is 0.239. The molecule has 0 fully saturated rings. The molecule has 188 valence electrons. The number of fused-ring (bicyclic) bond motifs is 2. The molecule has 3 heterocycles. The number of ether oxygens (including phenoxy) is 1. The van der Waals surface area contributed by atoms with Crippen LogP contribution in [-0.4, -0.2) is 26.5 Å². The maximum atomic E-state index is 13.8. The third kappa shape index (κ3) is 4.10. The lowest BCUT2D eigenvalue weighted by atomic mass is 10.1. The highest BCUT2D eigenvalue weighted by Gasteiger charge is 2.35. The topological polar surface area (TPSA) is 93.9 Å². The molecule has 38 heavy (non-hydrogen) atoms. The normalized spacial score (nSPS) is 14.3. The number of hydrogen-bond acceptors (Lipinski definition) is 7. The smallest absolute Gasteiger partial charge is 0.308 e. The highest BCUT2D eigenvalue weighted by Crippen LogP contribution is 2.39. The second kappa shape index (κ2) is 9.46. The summed E-state index contributed by atoms with van der Waals surface area (Å²) < 4.78 is 7.46. The number of para-hydroxylation sites is 1. The Morgan fingerprint density at radius 1 is 1.05 bits per heavy atom. The summed E-state index contributed by atoms with van der Waals surface area (Å²) >= 11 is 10.9. The predicted molar refractivity (Wildman–Crippen MR) is 148 cm³/mol. The van der Waals surface area contributed by atoms with Crippen molar-refractivity contribution in [3.05, 3.63) is 102 Å². The van der Waals surface area contributed by atoms with E-state index in [1.165, 1.54) is 11.4 Å². The lowest BCUT2D eigenvalue weighted by molar-refractivity contribution is -0.131. The Balaban J connectivity index is 1.50. The first-order valence-corrected chi connectivity index (χ1v) is 13.4. The van der Waals surface area contributed by atoms with E-state index in [9.17, 15) is 14.4 Å². The first-order valence-electron chi connectivity index (χ1n) is 11.4. The van der Waals surface area contributed by atoms with Gasteiger partial charge in [0.1, 0.15) is 10.3 Å². The molecule has 0 saturated heterocycles. The molecule has 1 amide bonds. The fraction of sp³-hybridized carbons (Fsp3) is 0.0741. The summed E-state index contributed by atoms with van der Waals surface area (Å²) in [5.74, 6) is -0.254. The predicted octanol–water partition coefficient (Wildman–Crippen LogP) is 4.62. The molecular formula is C27H16BrClN4O4S. The number of thiazole rings is 1. The third-order valence-corrected chi connectivity index (χ3v) is 7.92. The van der Waals surface area contributed by atoms with Crippen molar-refractivity contribution in [1.82, 2.24) is 14.6 Å². The molecule has 1 aliphatic rings. The standard InChI is InChI=1S/C27H16BrClN4O4S/c1-14(34)37-21-9-5-3-7-17(21)24-30-27-33(31-24)26(36)23(38-27)22-18-12-16(28)10-11-20(18)32(25(22)35)13-15-6-2-4-8-19(15)29/h2-12H,13H2,1H3. The lowest BCUT2D eigenvalue weighted by Gasteiger charge is -2.18. The van der Waals surface area contributed by atoms with E-state index in [-0.39, 0.29) is 28.4 Å². The summed E-state index contributed by atoms with van der Waals surface area (Å²) in [4.78, 5) is 45.3. The van der Waals surface area contributed by atoms with Crippen LogP contribution < -0.4 is 19.7 Å². The molecule has 0 aliphatic carbocycles. The zero-order chi connectivity index (χ0) is 26.6. The summed E-state index contributed by atoms with van der Waals surface area (Å²) in [7, 11) is 0. The molecule has 2 aromatic heterocycles. The molecule has 0 saturated carbocycles. The number of nitrogens with zero attached hydrogens (tertiary/aromatic N) is 4. The molecule has 3 aromatic carbocycles. The van der Waals surface area contributed by atoms with Crippen molar-refractivity contribution < 1.29 is 14.3 Å². The molecule has 0 unspecified atom stereocenters. The average molecular weight is 608 g/mol. The maximum Gasteiger partial charge on any atom is 0.308 e. The van der Waals surface area contributed by atoms with Crippen LogP contribution in [0.3, 0.4) is 0 Å². The van der Waals surface area contributed by atoms with Gasteiger partial charge in [0.15, 0.2) is 5.82 Å². The number of rotatable bonds is 4. The summed E-state index contributed by atoms with van der Waals surface area (Å²) in [6.45, 7) is 1.56. The monoisotopic (exact) mass is 606 g/mol. The van der Waals surface area contributed by atoms with Gasteiger partial charge in [0.05, 0.1) is 23.4 Å². The molecule has 11 heteroatoms. The Hall–Kier alpha value is -3.86. The molecule has 6 rings (SSSR count). The number of aromatic nitrogens is 3. The average Bonchev–Trinajstić information content (AvgIpc) is 3.51. The fourth-order valence-corrected chi connectivity index (χ4v) is 5.93. The lowest BCUT2D eigenvalue weighted by Crippen LogP contribution is -2.32. The Morgan fingerprint density at radius 2 is 1.82 bits per heavy atom. The van der Waals surface area contributed by atoms with Gasteiger partial charge in [0, 0.05) is 22.0 Å². The first-order chi connectivity index (χ1) is 18.3. The molecule has 0 N–H and O–H groups in total. The summed E-state index contributed by atoms with van der Waals surface area (Å²) in [6, 6.07) is 19.7. The van der Waals surface area contributed by atoms with Gasteiger partial charge < -0.3 is 9.64 Å². The number of anilines is 1. The van der Waals surface area contributed by atoms with Crippen LogP contribution in [0.4, 0.5) is 5.69 Å². The van der Waals surface area contributed by atoms with Gasteiger partial charge in [-0.1, -0.05) is 69.2 Å². The second-order valence-corrected chi connectivity index (χ2v) is 10.8. The SMILES string of the molecule is CC(=O)Oc1ccccc1-c1nc2sc(=C3C(=O)N(Cc4ccccc4Cl)c4ccc(Br)cc43)c(=O)n2n1. The Labute approximate surface area is 232 Å². The molecule has 8 nitrogen and oxygen atoms in total. The van der Waals surface area contributed by atoms with Gasteiger partial charge in [-0.05, 0) is 42.0 Å². The van der Waals surface area contributed by atoms with E-state index >= 15 is 0 Å². The van der Waals surface area contributed by atoms with E-state index in [2.05, 4.69) is 26.0 Å². The van der Waals surface area contributed by atoms with Crippen molar-refractivity contribution in [1.29, 1.82) is 0 Å². The van der Waals surface area contributed by atoms with Crippen LogP contribution >= 0.6 is 38.9 Å². The van der Waals surface area contributed by atoms with Crippen LogP contribution in [-0.2, 0) is 16.1 Å². The van der Waals surface area contributed by atoms with Crippen LogP contribution in [0, 0.1) is 0 Å². The van der Waals surface area contributed by atoms with Crippen molar-refractivity contribution in [3.63, 3.8) is 0 Å². The van der Waals surface area contributed by atoms with E-state index in [4.69, 9.17) is 16.3 Å². The van der Waals surface area contributed by atoms with Gasteiger partial charge in [0.25, 0.3) is 11.5 Å². The number of hydrogen-bond donors (Lipinski definition) is 0. The third-order valence-electron chi connectivity index (χ3n) is 6.03. The summed E-state index contributed by atoms with van der Waals surface area (Å²) in [6.07, 6.45) is 0. The molecule has 0 atom stereocenters. The van der Waals surface area contributed by atoms with Crippen molar-refractivity contribution >= 4 is 67.0 Å². The molecule has 0 bridgehead atoms. The molecule has 0 radical (unpaired) electrons. The Bertz CT molecular complexity index is 1900. The number of benzene rings is 3. The van der Waals surface area contributed by atoms with Crippen molar-refractivity contribution in [2.75, 3.05) is 4.90 Å². The Morgan fingerprint density at radius 3 is 2.58 bits per heavy atom. The van der Waals surface area contributed by atoms with Gasteiger partial charge in [-0.2, -0.15) is 9.50 Å². The van der Waals surface area contributed by atoms with Gasteiger partial charge in [0.2, 0.25) is 4.96 Å². The minimum Gasteiger partial charge on any atom is -0.426 e. The second-order valence-electron chi connectivity index (χ2n) is 8.48. The van der Waals surface area contributed by atoms with Crippen LogP contribution in [0.5, 0.6) is 5.75 Å². The molecule has 0 spiro atoms. The number of carbonyl (C=O) groups excluding carboxylic acids is 2. The van der Waals surface area contributed by atoms with E-state index in [1.54, 1.807) is 35.2 Å². The van der Waals surface area contributed by atoms with Gasteiger partial charge in [-0.25, -0.2) is 0 Å². The Kier molecular flexibility index (Phi) is 6.10. The van der Waals surface area contributed by atoms with Crippen molar-refractivity contribution in [2.45, 2.75) is 13.5 Å². The fourth-order valence-electron chi connectivity index (χ4n) is 4.37. The highest BCUT2D eigenvalue weighted by atomic mass is 79.9. The zero-order valence-corrected chi connectivity index (χ0v) is 22.8. The molecule has 1 aliphatic heterocycles. The summed E-state index contributed by atoms with van der Waals surface area (Å²) in [5, 5.41) is 4.94. The molecule has 5 aromatic rings. The van der Waals surface area contributed by atoms with Crippen molar-refractivity contribution in [3.8, 4) is 17.1 Å². The van der Waals surface area contributed by atoms with Gasteiger partial charge in [-0.3, -0.25) is 14.4 Å². The minimum atomic E-state index is -0.479. The van der Waals surface area contributed by atoms with E-state index < -0.39 is 11.5 Å². The van der Waals surface area contributed by atoms with E-state index in [1.807, 2.05) is 36.4 Å². The van der Waals surface area contributed by atoms with Crippen LogP contribution in [0.25, 0.3) is 21.9 Å². The number of amides is 1. The van der Waals surface area contributed by atoms with Gasteiger partial charge >= 0.3 is 5.97 Å². The van der Waals surface area contributed by atoms with E-state index in [0.29, 0.717) is 32.5 Å². The van der Waals surface area contributed by atoms with Crippen LogP contribution in [0.15, 0.2) is 76.0 Å². The number of esters is 1. The zero-order valence-electron chi connectivity index (χ0n) is 19.6. The van der Waals surface area contributed by atoms with E-state index in [0.717, 1.165) is 21.4 Å².